The zero-order valence-corrected chi connectivity index (χ0v) is 5.29. The number of terminal acetylenes is 1. The predicted octanol–water partition coefficient (Wildman–Crippen LogP) is -0.106. The minimum atomic E-state index is -0.669. The van der Waals surface area contributed by atoms with Gasteiger partial charge >= 0.3 is 5.97 Å². The number of esters is 1. The van der Waals surface area contributed by atoms with Gasteiger partial charge in [-0.3, -0.25) is 9.59 Å². The Morgan fingerprint density at radius 2 is 2.50 bits per heavy atom. The highest BCUT2D eigenvalue weighted by Gasteiger charge is 2.28. The first kappa shape index (κ1) is 6.81. The summed E-state index contributed by atoms with van der Waals surface area (Å²) in [6.45, 7) is 0. The van der Waals surface area contributed by atoms with Crippen LogP contribution in [0.3, 0.4) is 0 Å². The van der Waals surface area contributed by atoms with Gasteiger partial charge in [0.1, 0.15) is 0 Å². The van der Waals surface area contributed by atoms with E-state index in [1.807, 2.05) is 5.92 Å². The fourth-order valence-electron chi connectivity index (χ4n) is 0.803. The first-order valence-corrected chi connectivity index (χ1v) is 2.94. The Hall–Kier alpha value is -1.30. The Morgan fingerprint density at radius 1 is 1.80 bits per heavy atom. The molecule has 0 unspecified atom stereocenters. The SMILES string of the molecule is C#CC(=O)[C@@H]1CCC(=O)O1. The first-order valence-electron chi connectivity index (χ1n) is 2.94. The van der Waals surface area contributed by atoms with Crippen molar-refractivity contribution in [2.45, 2.75) is 18.9 Å². The topological polar surface area (TPSA) is 43.4 Å². The molecular weight excluding hydrogens is 132 g/mol. The van der Waals surface area contributed by atoms with Crippen LogP contribution in [0.15, 0.2) is 0 Å². The molecule has 1 saturated heterocycles. The number of ether oxygens (including phenoxy) is 1. The molecule has 0 aromatic heterocycles. The van der Waals surface area contributed by atoms with E-state index in [1.165, 1.54) is 0 Å². The van der Waals surface area contributed by atoms with Crippen molar-refractivity contribution in [3.63, 3.8) is 0 Å². The van der Waals surface area contributed by atoms with Crippen LogP contribution < -0.4 is 0 Å². The second-order valence-electron chi connectivity index (χ2n) is 2.03. The third kappa shape index (κ3) is 1.16. The smallest absolute Gasteiger partial charge is 0.306 e. The molecule has 0 aromatic rings. The molecule has 3 nitrogen and oxygen atoms in total. The van der Waals surface area contributed by atoms with Crippen LogP contribution in [0, 0.1) is 12.3 Å². The number of carbonyl (C=O) groups is 2. The summed E-state index contributed by atoms with van der Waals surface area (Å²) in [6.07, 6.45) is 4.87. The molecular formula is C7H6O3. The number of Topliss-reactive ketones (excluding diaryl/α,β-unsaturated/α-hetero) is 1. The van der Waals surface area contributed by atoms with Crippen LogP contribution in [0.25, 0.3) is 0 Å². The average Bonchev–Trinajstić information content (AvgIpc) is 2.34. The second-order valence-corrected chi connectivity index (χ2v) is 2.03. The van der Waals surface area contributed by atoms with Gasteiger partial charge in [-0.15, -0.1) is 6.42 Å². The van der Waals surface area contributed by atoms with E-state index < -0.39 is 11.9 Å². The van der Waals surface area contributed by atoms with Crippen molar-refractivity contribution in [1.29, 1.82) is 0 Å². The van der Waals surface area contributed by atoms with E-state index in [1.54, 1.807) is 0 Å². The van der Waals surface area contributed by atoms with Crippen molar-refractivity contribution in [3.05, 3.63) is 0 Å². The maximum atomic E-state index is 10.6. The quantitative estimate of drug-likeness (QED) is 0.288. The molecule has 0 saturated carbocycles. The molecule has 3 heteroatoms. The molecule has 1 fully saturated rings. The molecule has 0 aliphatic carbocycles. The molecule has 0 N–H and O–H groups in total. The molecule has 1 rings (SSSR count). The van der Waals surface area contributed by atoms with E-state index in [2.05, 4.69) is 4.74 Å². The van der Waals surface area contributed by atoms with Gasteiger partial charge in [-0.1, -0.05) is 0 Å². The summed E-state index contributed by atoms with van der Waals surface area (Å²) in [5.74, 6) is 1.13. The summed E-state index contributed by atoms with van der Waals surface area (Å²) in [6, 6.07) is 0. The molecule has 1 aliphatic heterocycles. The normalized spacial score (nSPS) is 23.5. The summed E-state index contributed by atoms with van der Waals surface area (Å²) >= 11 is 0. The van der Waals surface area contributed by atoms with Gasteiger partial charge in [0.2, 0.25) is 5.78 Å². The van der Waals surface area contributed by atoms with E-state index in [0.717, 1.165) is 0 Å². The Balaban J connectivity index is 2.54. The lowest BCUT2D eigenvalue weighted by Crippen LogP contribution is -2.17. The first-order chi connectivity index (χ1) is 4.74. The van der Waals surface area contributed by atoms with Crippen LogP contribution in [-0.4, -0.2) is 17.9 Å². The summed E-state index contributed by atoms with van der Waals surface area (Å²) in [7, 11) is 0. The number of hydrogen-bond acceptors (Lipinski definition) is 3. The Labute approximate surface area is 58.4 Å². The molecule has 10 heavy (non-hydrogen) atoms. The van der Waals surface area contributed by atoms with E-state index in [4.69, 9.17) is 6.42 Å². The van der Waals surface area contributed by atoms with Gasteiger partial charge < -0.3 is 4.74 Å². The van der Waals surface area contributed by atoms with Gasteiger partial charge in [-0.05, 0) is 5.92 Å². The lowest BCUT2D eigenvalue weighted by molar-refractivity contribution is -0.145. The summed E-state index contributed by atoms with van der Waals surface area (Å²) < 4.78 is 4.58. The molecule has 52 valence electrons. The fourth-order valence-corrected chi connectivity index (χ4v) is 0.803. The van der Waals surface area contributed by atoms with Gasteiger partial charge in [0.15, 0.2) is 6.10 Å². The van der Waals surface area contributed by atoms with Crippen molar-refractivity contribution < 1.29 is 14.3 Å². The van der Waals surface area contributed by atoms with E-state index in [9.17, 15) is 9.59 Å². The largest absolute Gasteiger partial charge is 0.453 e. The van der Waals surface area contributed by atoms with Gasteiger partial charge in [0.25, 0.3) is 0 Å². The minimum Gasteiger partial charge on any atom is -0.453 e. The number of hydrogen-bond donors (Lipinski definition) is 0. The van der Waals surface area contributed by atoms with Gasteiger partial charge in [0, 0.05) is 12.8 Å². The number of carbonyl (C=O) groups excluding carboxylic acids is 2. The molecule has 0 spiro atoms. The predicted molar refractivity (Wildman–Crippen MR) is 33.0 cm³/mol. The standard InChI is InChI=1S/C7H6O3/c1-2-5(8)6-3-4-7(9)10-6/h1,6H,3-4H2/t6-/m0/s1. The Morgan fingerprint density at radius 3 is 2.90 bits per heavy atom. The number of rotatable bonds is 1. The Bertz CT molecular complexity index is 211. The average molecular weight is 138 g/mol. The van der Waals surface area contributed by atoms with Crippen molar-refractivity contribution in [3.8, 4) is 12.3 Å². The molecule has 1 aliphatic rings. The summed E-state index contributed by atoms with van der Waals surface area (Å²) in [5, 5.41) is 0. The second kappa shape index (κ2) is 2.53. The third-order valence-corrected chi connectivity index (χ3v) is 1.32. The third-order valence-electron chi connectivity index (χ3n) is 1.32. The lowest BCUT2D eigenvalue weighted by Gasteiger charge is -2.00. The monoisotopic (exact) mass is 138 g/mol. The van der Waals surface area contributed by atoms with Crippen LogP contribution in [0.5, 0.6) is 0 Å². The summed E-state index contributed by atoms with van der Waals surface area (Å²) in [4.78, 5) is 21.1. The molecule has 0 amide bonds. The highest BCUT2D eigenvalue weighted by molar-refractivity contribution is 6.00. The minimum absolute atomic E-state index is 0.304. The van der Waals surface area contributed by atoms with Crippen LogP contribution in [0.1, 0.15) is 12.8 Å². The molecule has 0 radical (unpaired) electrons. The van der Waals surface area contributed by atoms with Crippen molar-refractivity contribution in [2.75, 3.05) is 0 Å². The summed E-state index contributed by atoms with van der Waals surface area (Å²) in [5.41, 5.74) is 0. The maximum Gasteiger partial charge on any atom is 0.306 e. The number of cyclic esters (lactones) is 1. The van der Waals surface area contributed by atoms with Gasteiger partial charge in [0.05, 0.1) is 0 Å². The van der Waals surface area contributed by atoms with E-state index >= 15 is 0 Å². The van der Waals surface area contributed by atoms with Crippen LogP contribution in [-0.2, 0) is 14.3 Å². The van der Waals surface area contributed by atoms with Crippen LogP contribution in [0.4, 0.5) is 0 Å². The maximum absolute atomic E-state index is 10.6. The highest BCUT2D eigenvalue weighted by Crippen LogP contribution is 2.13. The van der Waals surface area contributed by atoms with Crippen molar-refractivity contribution in [2.24, 2.45) is 0 Å². The van der Waals surface area contributed by atoms with Crippen LogP contribution >= 0.6 is 0 Å². The fraction of sp³-hybridized carbons (Fsp3) is 0.429. The zero-order valence-electron chi connectivity index (χ0n) is 5.29. The highest BCUT2D eigenvalue weighted by atomic mass is 16.6. The van der Waals surface area contributed by atoms with Crippen molar-refractivity contribution >= 4 is 11.8 Å². The van der Waals surface area contributed by atoms with Crippen LogP contribution in [0.2, 0.25) is 0 Å². The molecule has 0 aromatic carbocycles. The number of ketones is 1. The Kier molecular flexibility index (Phi) is 1.72. The van der Waals surface area contributed by atoms with Gasteiger partial charge in [-0.25, -0.2) is 0 Å². The van der Waals surface area contributed by atoms with Gasteiger partial charge in [-0.2, -0.15) is 0 Å². The van der Waals surface area contributed by atoms with E-state index in [0.29, 0.717) is 12.8 Å². The zero-order chi connectivity index (χ0) is 7.56. The molecule has 1 heterocycles. The lowest BCUT2D eigenvalue weighted by atomic mass is 10.2. The van der Waals surface area contributed by atoms with Crippen molar-refractivity contribution in [1.82, 2.24) is 0 Å². The molecule has 0 bridgehead atoms. The molecule has 1 atom stereocenters. The van der Waals surface area contributed by atoms with E-state index in [-0.39, 0.29) is 5.97 Å².